The third kappa shape index (κ3) is 6.07. The van der Waals surface area contributed by atoms with Crippen LogP contribution in [0.25, 0.3) is 0 Å². The molecule has 0 N–H and O–H groups in total. The molecule has 0 bridgehead atoms. The van der Waals surface area contributed by atoms with Crippen molar-refractivity contribution in [1.82, 2.24) is 0 Å². The number of ether oxygens (including phenoxy) is 2. The average Bonchev–Trinajstić information content (AvgIpc) is 2.87. The molecule has 20 heavy (non-hydrogen) atoms. The molecule has 2 rings (SSSR count). The van der Waals surface area contributed by atoms with Crippen LogP contribution in [0.5, 0.6) is 5.75 Å². The summed E-state index contributed by atoms with van der Waals surface area (Å²) in [5.74, 6) is 0.282. The first-order valence-corrected chi connectivity index (χ1v) is 6.60. The van der Waals surface area contributed by atoms with Crippen LogP contribution >= 0.6 is 0 Å². The Morgan fingerprint density at radius 1 is 1.30 bits per heavy atom. The number of hydrogen-bond donors (Lipinski definition) is 0. The van der Waals surface area contributed by atoms with Gasteiger partial charge in [0.15, 0.2) is 0 Å². The minimum absolute atomic E-state index is 0. The van der Waals surface area contributed by atoms with Gasteiger partial charge in [-0.1, -0.05) is 12.1 Å². The van der Waals surface area contributed by atoms with E-state index in [1.165, 1.54) is 6.07 Å². The molecule has 1 fully saturated rings. The molecular weight excluding hydrogens is 295 g/mol. The summed E-state index contributed by atoms with van der Waals surface area (Å²) < 4.78 is 48.5. The SMILES string of the molecule is F[B-](F)(F)c1cccc(OCCCC2CCCO2)c1.[K+]. The summed E-state index contributed by atoms with van der Waals surface area (Å²) in [6.07, 6.45) is 4.18. The summed E-state index contributed by atoms with van der Waals surface area (Å²) in [4.78, 5) is 0. The Morgan fingerprint density at radius 2 is 2.10 bits per heavy atom. The molecule has 7 heteroatoms. The molecule has 1 aromatic rings. The van der Waals surface area contributed by atoms with Crippen LogP contribution in [-0.2, 0) is 4.74 Å². The zero-order valence-corrected chi connectivity index (χ0v) is 14.8. The Labute approximate surface area is 159 Å². The fraction of sp³-hybridized carbons (Fsp3) is 0.538. The summed E-state index contributed by atoms with van der Waals surface area (Å²) in [6, 6.07) is 5.06. The second-order valence-corrected chi connectivity index (χ2v) is 4.77. The normalized spacial score (nSPS) is 18.6. The van der Waals surface area contributed by atoms with Gasteiger partial charge in [-0.25, -0.2) is 0 Å². The Hall–Kier alpha value is 0.471. The molecule has 0 aromatic heterocycles. The van der Waals surface area contributed by atoms with Crippen molar-refractivity contribution in [3.63, 3.8) is 0 Å². The molecule has 1 aliphatic rings. The number of halogens is 3. The van der Waals surface area contributed by atoms with E-state index in [2.05, 4.69) is 0 Å². The summed E-state index contributed by atoms with van der Waals surface area (Å²) in [5, 5.41) is 0. The summed E-state index contributed by atoms with van der Waals surface area (Å²) in [6.45, 7) is -3.71. The fourth-order valence-electron chi connectivity index (χ4n) is 2.18. The van der Waals surface area contributed by atoms with Crippen LogP contribution in [-0.4, -0.2) is 26.3 Å². The molecule has 1 atom stereocenters. The van der Waals surface area contributed by atoms with E-state index in [0.29, 0.717) is 12.7 Å². The monoisotopic (exact) mass is 312 g/mol. The van der Waals surface area contributed by atoms with Crippen molar-refractivity contribution in [2.24, 2.45) is 0 Å². The van der Waals surface area contributed by atoms with Gasteiger partial charge < -0.3 is 22.4 Å². The van der Waals surface area contributed by atoms with E-state index in [9.17, 15) is 12.9 Å². The maximum Gasteiger partial charge on any atom is 1.00 e. The van der Waals surface area contributed by atoms with E-state index in [-0.39, 0.29) is 57.1 Å². The predicted octanol–water partition coefficient (Wildman–Crippen LogP) is 0.0830. The van der Waals surface area contributed by atoms with Gasteiger partial charge in [0.25, 0.3) is 0 Å². The topological polar surface area (TPSA) is 18.5 Å². The van der Waals surface area contributed by atoms with Crippen LogP contribution in [0.15, 0.2) is 24.3 Å². The van der Waals surface area contributed by atoms with Crippen LogP contribution in [0.3, 0.4) is 0 Å². The first-order valence-electron chi connectivity index (χ1n) is 6.60. The quantitative estimate of drug-likeness (QED) is 0.547. The van der Waals surface area contributed by atoms with Gasteiger partial charge in [0.05, 0.1) is 12.7 Å². The maximum absolute atomic E-state index is 12.6. The van der Waals surface area contributed by atoms with E-state index >= 15 is 0 Å². The second-order valence-electron chi connectivity index (χ2n) is 4.77. The second kappa shape index (κ2) is 8.80. The molecule has 106 valence electrons. The Balaban J connectivity index is 0.00000200. The van der Waals surface area contributed by atoms with Crippen molar-refractivity contribution in [3.8, 4) is 5.75 Å². The van der Waals surface area contributed by atoms with Crippen molar-refractivity contribution >= 4 is 12.4 Å². The molecule has 2 nitrogen and oxygen atoms in total. The zero-order chi connectivity index (χ0) is 13.7. The van der Waals surface area contributed by atoms with Gasteiger partial charge in [-0.15, -0.1) is 5.46 Å². The number of rotatable bonds is 6. The molecule has 0 saturated carbocycles. The third-order valence-electron chi connectivity index (χ3n) is 3.20. The van der Waals surface area contributed by atoms with E-state index in [1.54, 1.807) is 6.07 Å². The Morgan fingerprint density at radius 3 is 2.75 bits per heavy atom. The average molecular weight is 312 g/mol. The first-order chi connectivity index (χ1) is 9.05. The maximum atomic E-state index is 12.6. The molecule has 0 spiro atoms. The Kier molecular flexibility index (Phi) is 8.15. The summed E-state index contributed by atoms with van der Waals surface area (Å²) >= 11 is 0. The van der Waals surface area contributed by atoms with Crippen LogP contribution in [0.1, 0.15) is 25.7 Å². The van der Waals surface area contributed by atoms with Gasteiger partial charge in [-0.05, 0) is 37.8 Å². The standard InChI is InChI=1S/C13H17BF3O2.K/c15-14(16,17)11-4-1-5-13(10-11)19-9-3-7-12-6-2-8-18-12;/h1,4-5,10,12H,2-3,6-9H2;/q-1;+1. The van der Waals surface area contributed by atoms with Crippen molar-refractivity contribution in [3.05, 3.63) is 24.3 Å². The van der Waals surface area contributed by atoms with Gasteiger partial charge in [0.1, 0.15) is 5.75 Å². The van der Waals surface area contributed by atoms with Crippen molar-refractivity contribution in [1.29, 1.82) is 0 Å². The minimum atomic E-state index is -4.96. The molecule has 0 amide bonds. The van der Waals surface area contributed by atoms with Gasteiger partial charge >= 0.3 is 58.4 Å². The van der Waals surface area contributed by atoms with E-state index in [0.717, 1.165) is 44.4 Å². The smallest absolute Gasteiger partial charge is 0.494 e. The van der Waals surface area contributed by atoms with Gasteiger partial charge in [0, 0.05) is 6.61 Å². The minimum Gasteiger partial charge on any atom is -0.494 e. The first kappa shape index (κ1) is 18.5. The molecule has 1 aliphatic heterocycles. The van der Waals surface area contributed by atoms with Crippen LogP contribution < -0.4 is 61.6 Å². The number of benzene rings is 1. The molecule has 1 heterocycles. The largest absolute Gasteiger partial charge is 1.00 e. The molecule has 1 unspecified atom stereocenters. The van der Waals surface area contributed by atoms with E-state index < -0.39 is 12.4 Å². The zero-order valence-electron chi connectivity index (χ0n) is 11.7. The molecule has 1 saturated heterocycles. The fourth-order valence-corrected chi connectivity index (χ4v) is 2.18. The van der Waals surface area contributed by atoms with Crippen LogP contribution in [0.4, 0.5) is 12.9 Å². The van der Waals surface area contributed by atoms with Gasteiger partial charge in [-0.2, -0.15) is 0 Å². The van der Waals surface area contributed by atoms with Crippen LogP contribution in [0, 0.1) is 0 Å². The Bertz CT molecular complexity index is 409. The summed E-state index contributed by atoms with van der Waals surface area (Å²) in [7, 11) is 0. The molecular formula is C13H17BF3KO2. The van der Waals surface area contributed by atoms with Crippen molar-refractivity contribution < 1.29 is 73.8 Å². The third-order valence-corrected chi connectivity index (χ3v) is 3.20. The molecule has 1 aromatic carbocycles. The van der Waals surface area contributed by atoms with E-state index in [4.69, 9.17) is 9.47 Å². The van der Waals surface area contributed by atoms with Gasteiger partial charge in [0.2, 0.25) is 0 Å². The van der Waals surface area contributed by atoms with E-state index in [1.807, 2.05) is 0 Å². The van der Waals surface area contributed by atoms with Crippen molar-refractivity contribution in [2.75, 3.05) is 13.2 Å². The molecule has 0 radical (unpaired) electrons. The van der Waals surface area contributed by atoms with Crippen molar-refractivity contribution in [2.45, 2.75) is 31.8 Å². The number of hydrogen-bond acceptors (Lipinski definition) is 2. The molecule has 0 aliphatic carbocycles. The van der Waals surface area contributed by atoms with Gasteiger partial charge in [-0.3, -0.25) is 0 Å². The summed E-state index contributed by atoms with van der Waals surface area (Å²) in [5.41, 5.74) is -0.614. The predicted molar refractivity (Wildman–Crippen MR) is 68.9 cm³/mol. The van der Waals surface area contributed by atoms with Crippen LogP contribution in [0.2, 0.25) is 0 Å².